The van der Waals surface area contributed by atoms with Gasteiger partial charge in [-0.15, -0.1) is 0 Å². The maximum atomic E-state index is 6.10. The van der Waals surface area contributed by atoms with Gasteiger partial charge in [0.2, 0.25) is 0 Å². The summed E-state index contributed by atoms with van der Waals surface area (Å²) >= 11 is 15.7. The van der Waals surface area contributed by atoms with E-state index in [1.165, 1.54) is 11.1 Å². The van der Waals surface area contributed by atoms with Gasteiger partial charge in [0.25, 0.3) is 0 Å². The van der Waals surface area contributed by atoms with E-state index in [2.05, 4.69) is 52.4 Å². The zero-order valence-electron chi connectivity index (χ0n) is 17.0. The molecule has 0 aliphatic heterocycles. The summed E-state index contributed by atoms with van der Waals surface area (Å²) in [4.78, 5) is 0. The Morgan fingerprint density at radius 1 is 0.833 bits per heavy atom. The number of nitrogens with one attached hydrogen (secondary N) is 1. The SMILES string of the molecule is CCOc1cc(CNCc2ccc(C)cc2)c(Br)cc1OCc1ccc(Cl)c(Cl)c1. The van der Waals surface area contributed by atoms with Crippen LogP contribution in [0.3, 0.4) is 0 Å². The standard InChI is InChI=1S/C24H24BrCl2NO2/c1-3-29-23-11-19(14-28-13-17-6-4-16(2)5-7-17)20(25)12-24(23)30-15-18-8-9-21(26)22(27)10-18/h4-12,28H,3,13-15H2,1-2H3. The smallest absolute Gasteiger partial charge is 0.162 e. The molecule has 0 heterocycles. The molecule has 0 aromatic heterocycles. The molecule has 0 amide bonds. The van der Waals surface area contributed by atoms with Gasteiger partial charge in [0.1, 0.15) is 6.61 Å². The van der Waals surface area contributed by atoms with Crippen molar-refractivity contribution in [3.63, 3.8) is 0 Å². The molecule has 3 aromatic rings. The molecule has 0 unspecified atom stereocenters. The van der Waals surface area contributed by atoms with Crippen molar-refractivity contribution < 1.29 is 9.47 Å². The highest BCUT2D eigenvalue weighted by molar-refractivity contribution is 9.10. The summed E-state index contributed by atoms with van der Waals surface area (Å²) in [6, 6.07) is 18.0. The van der Waals surface area contributed by atoms with Crippen LogP contribution >= 0.6 is 39.1 Å². The third kappa shape index (κ3) is 6.39. The molecule has 0 aliphatic rings. The molecule has 158 valence electrons. The Kier molecular flexibility index (Phi) is 8.46. The van der Waals surface area contributed by atoms with Crippen molar-refractivity contribution in [1.82, 2.24) is 5.32 Å². The van der Waals surface area contributed by atoms with Crippen LogP contribution in [0.1, 0.15) is 29.2 Å². The highest BCUT2D eigenvalue weighted by atomic mass is 79.9. The van der Waals surface area contributed by atoms with Gasteiger partial charge in [0.05, 0.1) is 16.7 Å². The minimum Gasteiger partial charge on any atom is -0.490 e. The third-order valence-corrected chi connectivity index (χ3v) is 6.03. The van der Waals surface area contributed by atoms with Gasteiger partial charge >= 0.3 is 0 Å². The van der Waals surface area contributed by atoms with Crippen LogP contribution in [0.15, 0.2) is 59.1 Å². The predicted octanol–water partition coefficient (Wildman–Crippen LogP) is 7.33. The van der Waals surface area contributed by atoms with E-state index < -0.39 is 0 Å². The van der Waals surface area contributed by atoms with Crippen LogP contribution in [-0.4, -0.2) is 6.61 Å². The number of rotatable bonds is 9. The maximum absolute atomic E-state index is 6.10. The summed E-state index contributed by atoms with van der Waals surface area (Å²) in [5.74, 6) is 1.39. The van der Waals surface area contributed by atoms with E-state index in [9.17, 15) is 0 Å². The van der Waals surface area contributed by atoms with Crippen molar-refractivity contribution in [3.05, 3.63) is 91.4 Å². The summed E-state index contributed by atoms with van der Waals surface area (Å²) in [6.45, 7) is 6.48. The number of ether oxygens (including phenoxy) is 2. The topological polar surface area (TPSA) is 30.5 Å². The van der Waals surface area contributed by atoms with Crippen molar-refractivity contribution in [2.45, 2.75) is 33.5 Å². The van der Waals surface area contributed by atoms with E-state index in [-0.39, 0.29) is 0 Å². The van der Waals surface area contributed by atoms with Gasteiger partial charge in [-0.1, -0.05) is 75.0 Å². The summed E-state index contributed by atoms with van der Waals surface area (Å²) in [5.41, 5.74) is 4.56. The third-order valence-electron chi connectivity index (χ3n) is 4.56. The fraction of sp³-hybridized carbons (Fsp3) is 0.250. The predicted molar refractivity (Wildman–Crippen MR) is 128 cm³/mol. The highest BCUT2D eigenvalue weighted by Gasteiger charge is 2.12. The van der Waals surface area contributed by atoms with E-state index in [0.717, 1.165) is 22.1 Å². The van der Waals surface area contributed by atoms with Gasteiger partial charge in [-0.3, -0.25) is 0 Å². The number of halogens is 3. The molecule has 0 saturated heterocycles. The average molecular weight is 509 g/mol. The first-order chi connectivity index (χ1) is 14.5. The zero-order valence-corrected chi connectivity index (χ0v) is 20.1. The fourth-order valence-corrected chi connectivity index (χ4v) is 3.71. The molecule has 6 heteroatoms. The molecule has 3 rings (SSSR count). The van der Waals surface area contributed by atoms with Crippen molar-refractivity contribution in [2.75, 3.05) is 6.61 Å². The lowest BCUT2D eigenvalue weighted by molar-refractivity contribution is 0.269. The van der Waals surface area contributed by atoms with E-state index >= 15 is 0 Å². The summed E-state index contributed by atoms with van der Waals surface area (Å²) in [7, 11) is 0. The van der Waals surface area contributed by atoms with Gasteiger partial charge in [0.15, 0.2) is 11.5 Å². The molecule has 3 aromatic carbocycles. The molecular weight excluding hydrogens is 485 g/mol. The van der Waals surface area contributed by atoms with Crippen LogP contribution in [0.25, 0.3) is 0 Å². The van der Waals surface area contributed by atoms with Crippen LogP contribution in [-0.2, 0) is 19.7 Å². The molecule has 3 nitrogen and oxygen atoms in total. The Morgan fingerprint density at radius 3 is 2.23 bits per heavy atom. The molecule has 0 fully saturated rings. The Morgan fingerprint density at radius 2 is 1.53 bits per heavy atom. The quantitative estimate of drug-likeness (QED) is 0.328. The summed E-state index contributed by atoms with van der Waals surface area (Å²) < 4.78 is 12.8. The Balaban J connectivity index is 1.67. The van der Waals surface area contributed by atoms with Gasteiger partial charge in [0, 0.05) is 17.6 Å². The Labute approximate surface area is 196 Å². The summed E-state index contributed by atoms with van der Waals surface area (Å²) in [6.07, 6.45) is 0. The first-order valence-corrected chi connectivity index (χ1v) is 11.3. The second-order valence-electron chi connectivity index (χ2n) is 6.95. The number of aryl methyl sites for hydroxylation is 1. The largest absolute Gasteiger partial charge is 0.490 e. The minimum atomic E-state index is 0.369. The first kappa shape index (κ1) is 23.0. The number of benzene rings is 3. The van der Waals surface area contributed by atoms with E-state index in [1.54, 1.807) is 6.07 Å². The second kappa shape index (κ2) is 11.1. The molecule has 0 atom stereocenters. The highest BCUT2D eigenvalue weighted by Crippen LogP contribution is 2.35. The van der Waals surface area contributed by atoms with Crippen molar-refractivity contribution in [1.29, 1.82) is 0 Å². The molecule has 1 N–H and O–H groups in total. The molecular formula is C24H24BrCl2NO2. The van der Waals surface area contributed by atoms with Crippen LogP contribution in [0.4, 0.5) is 0 Å². The molecule has 30 heavy (non-hydrogen) atoms. The lowest BCUT2D eigenvalue weighted by atomic mass is 10.1. The first-order valence-electron chi connectivity index (χ1n) is 9.74. The van der Waals surface area contributed by atoms with E-state index in [0.29, 0.717) is 41.3 Å². The molecule has 0 aliphatic carbocycles. The number of hydrogen-bond acceptors (Lipinski definition) is 3. The lowest BCUT2D eigenvalue weighted by Crippen LogP contribution is -2.13. The fourth-order valence-electron chi connectivity index (χ4n) is 2.93. The number of hydrogen-bond donors (Lipinski definition) is 1. The zero-order chi connectivity index (χ0) is 21.5. The average Bonchev–Trinajstić information content (AvgIpc) is 2.73. The van der Waals surface area contributed by atoms with Crippen LogP contribution in [0.5, 0.6) is 11.5 Å². The van der Waals surface area contributed by atoms with Crippen LogP contribution < -0.4 is 14.8 Å². The van der Waals surface area contributed by atoms with Crippen LogP contribution in [0, 0.1) is 6.92 Å². The molecule has 0 saturated carbocycles. The monoisotopic (exact) mass is 507 g/mol. The second-order valence-corrected chi connectivity index (χ2v) is 8.62. The normalized spacial score (nSPS) is 10.8. The van der Waals surface area contributed by atoms with E-state index in [1.807, 2.05) is 31.2 Å². The molecule has 0 bridgehead atoms. The molecule has 0 spiro atoms. The van der Waals surface area contributed by atoms with E-state index in [4.69, 9.17) is 32.7 Å². The molecule has 0 radical (unpaired) electrons. The van der Waals surface area contributed by atoms with Gasteiger partial charge < -0.3 is 14.8 Å². The van der Waals surface area contributed by atoms with Gasteiger partial charge in [-0.05, 0) is 54.8 Å². The van der Waals surface area contributed by atoms with Crippen molar-refractivity contribution in [2.24, 2.45) is 0 Å². The van der Waals surface area contributed by atoms with Gasteiger partial charge in [-0.2, -0.15) is 0 Å². The lowest BCUT2D eigenvalue weighted by Gasteiger charge is -2.16. The maximum Gasteiger partial charge on any atom is 0.162 e. The van der Waals surface area contributed by atoms with Crippen molar-refractivity contribution >= 4 is 39.1 Å². The Hall–Kier alpha value is -1.72. The van der Waals surface area contributed by atoms with Gasteiger partial charge in [-0.25, -0.2) is 0 Å². The van der Waals surface area contributed by atoms with Crippen LogP contribution in [0.2, 0.25) is 10.0 Å². The Bertz CT molecular complexity index is 993. The summed E-state index contributed by atoms with van der Waals surface area (Å²) in [5, 5.41) is 4.52. The van der Waals surface area contributed by atoms with Crippen molar-refractivity contribution in [3.8, 4) is 11.5 Å². The minimum absolute atomic E-state index is 0.369.